The maximum Gasteiger partial charge on any atom is 0.224 e. The van der Waals surface area contributed by atoms with Gasteiger partial charge < -0.3 is 15.6 Å². The summed E-state index contributed by atoms with van der Waals surface area (Å²) in [5, 5.41) is 11.7. The molecule has 0 amide bonds. The van der Waals surface area contributed by atoms with Crippen LogP contribution in [0, 0.1) is 11.9 Å². The number of fused-ring (bicyclic) bond motifs is 1. The minimum Gasteiger partial charge on any atom is -0.492 e. The predicted molar refractivity (Wildman–Crippen MR) is 127 cm³/mol. The van der Waals surface area contributed by atoms with Crippen molar-refractivity contribution in [2.24, 2.45) is 5.92 Å². The number of imidazole rings is 1. The lowest BCUT2D eigenvalue weighted by atomic mass is 10.2. The van der Waals surface area contributed by atoms with Gasteiger partial charge in [-0.25, -0.2) is 9.97 Å². The topological polar surface area (TPSA) is 85.7 Å². The van der Waals surface area contributed by atoms with E-state index in [1.807, 2.05) is 30.5 Å². The van der Waals surface area contributed by atoms with Gasteiger partial charge in [0.05, 0.1) is 34.0 Å². The highest BCUT2D eigenvalue weighted by atomic mass is 35.5. The van der Waals surface area contributed by atoms with E-state index in [1.165, 1.54) is 6.07 Å². The number of rotatable bonds is 6. The van der Waals surface area contributed by atoms with Gasteiger partial charge >= 0.3 is 0 Å². The molecule has 0 aliphatic carbocycles. The highest BCUT2D eigenvalue weighted by Gasteiger charge is 2.23. The number of ether oxygens (including phenoxy) is 1. The first-order valence-electron chi connectivity index (χ1n) is 9.96. The first kappa shape index (κ1) is 23.5. The van der Waals surface area contributed by atoms with Gasteiger partial charge in [0.25, 0.3) is 0 Å². The van der Waals surface area contributed by atoms with E-state index in [4.69, 9.17) is 22.1 Å². The molecule has 0 spiro atoms. The molecule has 0 saturated carbocycles. The minimum absolute atomic E-state index is 0.00139. The summed E-state index contributed by atoms with van der Waals surface area (Å²) in [6.45, 7) is 10.9. The van der Waals surface area contributed by atoms with Crippen molar-refractivity contribution < 1.29 is 14.2 Å². The van der Waals surface area contributed by atoms with Crippen LogP contribution in [-0.4, -0.2) is 42.8 Å². The third kappa shape index (κ3) is 4.86. The molecule has 3 N–H and O–H groups in total. The van der Waals surface area contributed by atoms with Crippen molar-refractivity contribution in [1.29, 1.82) is 0 Å². The Balaban J connectivity index is 2.23. The molecule has 3 rings (SSSR count). The fourth-order valence-electron chi connectivity index (χ4n) is 3.22. The highest BCUT2D eigenvalue weighted by Crippen LogP contribution is 2.45. The molecule has 9 heteroatoms. The molecule has 0 radical (unpaired) electrons. The van der Waals surface area contributed by atoms with Crippen LogP contribution < -0.4 is 10.5 Å². The summed E-state index contributed by atoms with van der Waals surface area (Å²) in [5.74, 6) is -0.0612. The number of anilines is 1. The number of hydrogen-bond donors (Lipinski definition) is 2. The average molecular weight is 467 g/mol. The maximum absolute atomic E-state index is 14.6. The normalized spacial score (nSPS) is 14.2. The molecule has 1 unspecified atom stereocenters. The van der Waals surface area contributed by atoms with Crippen molar-refractivity contribution in [1.82, 2.24) is 14.4 Å². The monoisotopic (exact) mass is 466 g/mol. The Hall–Kier alpha value is -2.16. The predicted octanol–water partition coefficient (Wildman–Crippen LogP) is 5.03. The van der Waals surface area contributed by atoms with E-state index in [9.17, 15) is 9.50 Å². The number of halogens is 2. The van der Waals surface area contributed by atoms with Crippen LogP contribution in [0.1, 0.15) is 34.6 Å². The van der Waals surface area contributed by atoms with E-state index in [-0.39, 0.29) is 44.2 Å². The lowest BCUT2D eigenvalue weighted by molar-refractivity contribution is 0.172. The Kier molecular flexibility index (Phi) is 6.93. The van der Waals surface area contributed by atoms with E-state index < -0.39 is 5.95 Å². The molecule has 0 aliphatic rings. The summed E-state index contributed by atoms with van der Waals surface area (Å²) in [5.41, 5.74) is 6.97. The fourth-order valence-corrected chi connectivity index (χ4v) is 5.54. The molecule has 168 valence electrons. The SMILES string of the molecule is C/C=S(/c1cn2c(-c3cc(Cl)c(N)nc3F)cnc2cc1OC[C@H](C)CO)C(C)(C)C. The lowest BCUT2D eigenvalue weighted by Gasteiger charge is -2.27. The lowest BCUT2D eigenvalue weighted by Crippen LogP contribution is -2.15. The molecule has 0 bridgehead atoms. The summed E-state index contributed by atoms with van der Waals surface area (Å²) >= 11 is 6.10. The number of aromatic nitrogens is 3. The molecule has 0 saturated heterocycles. The summed E-state index contributed by atoms with van der Waals surface area (Å²) in [6.07, 6.45) is 3.52. The Bertz CT molecular complexity index is 1140. The van der Waals surface area contributed by atoms with Gasteiger partial charge in [-0.3, -0.25) is 4.40 Å². The van der Waals surface area contributed by atoms with Crippen molar-refractivity contribution in [2.45, 2.75) is 44.3 Å². The van der Waals surface area contributed by atoms with Gasteiger partial charge in [-0.15, -0.1) is 10.5 Å². The van der Waals surface area contributed by atoms with Gasteiger partial charge in [-0.2, -0.15) is 4.39 Å². The third-order valence-corrected chi connectivity index (χ3v) is 7.65. The van der Waals surface area contributed by atoms with Crippen molar-refractivity contribution >= 4 is 38.9 Å². The number of pyridine rings is 2. The number of hydrogen-bond acceptors (Lipinski definition) is 5. The number of aliphatic hydroxyl groups is 1. The summed E-state index contributed by atoms with van der Waals surface area (Å²) in [6, 6.07) is 3.31. The van der Waals surface area contributed by atoms with Crippen LogP contribution in [-0.2, 0) is 0 Å². The van der Waals surface area contributed by atoms with Crippen LogP contribution in [0.5, 0.6) is 5.75 Å². The van der Waals surface area contributed by atoms with E-state index >= 15 is 0 Å². The smallest absolute Gasteiger partial charge is 0.224 e. The van der Waals surface area contributed by atoms with E-state index in [0.29, 0.717) is 23.7 Å². The van der Waals surface area contributed by atoms with Crippen molar-refractivity contribution in [3.63, 3.8) is 0 Å². The van der Waals surface area contributed by atoms with Gasteiger partial charge in [-0.05, 0) is 13.0 Å². The number of aliphatic hydroxyl groups excluding tert-OH is 1. The average Bonchev–Trinajstić information content (AvgIpc) is 3.10. The van der Waals surface area contributed by atoms with Crippen LogP contribution in [0.2, 0.25) is 5.02 Å². The Morgan fingerprint density at radius 1 is 1.39 bits per heavy atom. The largest absolute Gasteiger partial charge is 0.492 e. The summed E-state index contributed by atoms with van der Waals surface area (Å²) in [7, 11) is -0.275. The first-order chi connectivity index (χ1) is 14.6. The molecule has 6 nitrogen and oxygen atoms in total. The number of nitrogens with two attached hydrogens (primary N) is 1. The van der Waals surface area contributed by atoms with E-state index in [1.54, 1.807) is 6.20 Å². The second-order valence-electron chi connectivity index (χ2n) is 8.35. The first-order valence-corrected chi connectivity index (χ1v) is 11.6. The quantitative estimate of drug-likeness (QED) is 0.393. The molecular weight excluding hydrogens is 439 g/mol. The van der Waals surface area contributed by atoms with Gasteiger partial charge in [0.2, 0.25) is 5.95 Å². The highest BCUT2D eigenvalue weighted by molar-refractivity contribution is 8.16. The molecule has 3 aromatic rings. The second-order valence-corrected chi connectivity index (χ2v) is 11.6. The Labute approximate surface area is 189 Å². The molecule has 0 aliphatic heterocycles. The number of nitrogen functional groups attached to an aromatic ring is 1. The molecule has 0 aromatic carbocycles. The molecule has 0 fully saturated rings. The summed E-state index contributed by atoms with van der Waals surface area (Å²) in [4.78, 5) is 9.13. The molecule has 3 aromatic heterocycles. The summed E-state index contributed by atoms with van der Waals surface area (Å²) < 4.78 is 22.5. The van der Waals surface area contributed by atoms with Gasteiger partial charge in [0.15, 0.2) is 0 Å². The van der Waals surface area contributed by atoms with Crippen LogP contribution >= 0.6 is 22.1 Å². The number of nitrogens with zero attached hydrogens (tertiary/aromatic N) is 3. The van der Waals surface area contributed by atoms with Crippen LogP contribution in [0.4, 0.5) is 10.2 Å². The van der Waals surface area contributed by atoms with Crippen LogP contribution in [0.25, 0.3) is 16.9 Å². The van der Waals surface area contributed by atoms with Gasteiger partial charge in [0, 0.05) is 29.5 Å². The van der Waals surface area contributed by atoms with Crippen molar-refractivity contribution in [2.75, 3.05) is 18.9 Å². The van der Waals surface area contributed by atoms with Crippen molar-refractivity contribution in [3.05, 3.63) is 35.5 Å². The molecule has 2 atom stereocenters. The minimum atomic E-state index is -0.709. The molecular formula is C22H28ClFN4O2S. The van der Waals surface area contributed by atoms with Gasteiger partial charge in [0.1, 0.15) is 17.2 Å². The van der Waals surface area contributed by atoms with Crippen LogP contribution in [0.15, 0.2) is 29.4 Å². The molecule has 3 heterocycles. The third-order valence-electron chi connectivity index (χ3n) is 4.77. The van der Waals surface area contributed by atoms with E-state index in [0.717, 1.165) is 4.90 Å². The van der Waals surface area contributed by atoms with E-state index in [2.05, 4.69) is 36.1 Å². The van der Waals surface area contributed by atoms with Gasteiger partial charge in [-0.1, -0.05) is 44.7 Å². The van der Waals surface area contributed by atoms with Crippen molar-refractivity contribution in [3.8, 4) is 17.0 Å². The zero-order valence-corrected chi connectivity index (χ0v) is 19.9. The molecule has 31 heavy (non-hydrogen) atoms. The standard InChI is InChI=1S/C22H28ClFN4O2S/c1-6-31(22(3,4)5)18-10-28-16(14-7-15(23)21(25)27-20(14)24)9-26-19(28)8-17(18)30-12-13(2)11-29/h6-10,13,29H,11-12H2,1-5H3,(H2,25,27)/t13-,31?/m1/s1. The zero-order valence-electron chi connectivity index (χ0n) is 18.3. The maximum atomic E-state index is 14.6. The fraction of sp³-hybridized carbons (Fsp3) is 0.409. The Morgan fingerprint density at radius 3 is 2.71 bits per heavy atom. The van der Waals surface area contributed by atoms with Crippen LogP contribution in [0.3, 0.4) is 0 Å². The second kappa shape index (κ2) is 9.14. The Morgan fingerprint density at radius 2 is 2.10 bits per heavy atom. The zero-order chi connectivity index (χ0) is 22.9.